The number of carbonyl (C=O) groups excluding carboxylic acids is 2. The smallest absolute Gasteiger partial charge is 0.254 e. The summed E-state index contributed by atoms with van der Waals surface area (Å²) in [6.45, 7) is 10.1. The van der Waals surface area contributed by atoms with Crippen LogP contribution in [0.1, 0.15) is 88.3 Å². The molecule has 3 aromatic rings. The van der Waals surface area contributed by atoms with Crippen LogP contribution in [0.2, 0.25) is 0 Å². The van der Waals surface area contributed by atoms with Gasteiger partial charge in [-0.1, -0.05) is 38.1 Å². The molecule has 10 nitrogen and oxygen atoms in total. The molecule has 45 heavy (non-hydrogen) atoms. The predicted molar refractivity (Wildman–Crippen MR) is 172 cm³/mol. The lowest BCUT2D eigenvalue weighted by molar-refractivity contribution is -0.141. The topological polar surface area (TPSA) is 121 Å². The first-order chi connectivity index (χ1) is 21.7. The van der Waals surface area contributed by atoms with E-state index in [1.165, 1.54) is 0 Å². The van der Waals surface area contributed by atoms with Crippen LogP contribution in [0.25, 0.3) is 10.4 Å². The van der Waals surface area contributed by atoms with Crippen molar-refractivity contribution < 1.29 is 24.0 Å². The van der Waals surface area contributed by atoms with Crippen LogP contribution < -0.4 is 10.1 Å². The second kappa shape index (κ2) is 13.2. The summed E-state index contributed by atoms with van der Waals surface area (Å²) >= 11 is 1.62. The second-order valence-corrected chi connectivity index (χ2v) is 14.1. The molecule has 3 saturated heterocycles. The maximum Gasteiger partial charge on any atom is 0.254 e. The first-order valence-corrected chi connectivity index (χ1v) is 17.2. The Hall–Kier alpha value is -3.28. The van der Waals surface area contributed by atoms with Crippen LogP contribution >= 0.6 is 11.3 Å². The third-order valence-corrected chi connectivity index (χ3v) is 11.1. The normalized spacial score (nSPS) is 24.6. The fraction of sp³-hybridized carbons (Fsp3) is 0.588. The molecule has 0 spiro atoms. The number of nitrogens with one attached hydrogen (secondary N) is 1. The fourth-order valence-corrected chi connectivity index (χ4v) is 8.40. The number of thiazole rings is 1. The summed E-state index contributed by atoms with van der Waals surface area (Å²) in [5, 5.41) is 17.3. The largest absolute Gasteiger partial charge is 0.474 e. The van der Waals surface area contributed by atoms with Gasteiger partial charge in [0.1, 0.15) is 18.6 Å². The lowest BCUT2D eigenvalue weighted by atomic mass is 9.91. The molecule has 6 rings (SSSR count). The molecule has 0 saturated carbocycles. The average molecular weight is 636 g/mol. The highest BCUT2D eigenvalue weighted by Crippen LogP contribution is 2.42. The number of aliphatic hydroxyl groups excluding tert-OH is 1. The minimum absolute atomic E-state index is 0.0631. The summed E-state index contributed by atoms with van der Waals surface area (Å²) in [5.41, 5.74) is 4.88. The standard InChI is InChI=1S/C34H45N5O5S/c1-21(2)30(28-17-29(37-44-28)43-18-26-12-14-34(19-40)13-6-16-39(26)34)33(42)38-15-5-7-27(38)32(41)36-22(3)24-8-10-25(11-9-24)31-23(4)35-20-45-31/h8-11,17,20-22,26-27,30,40H,5-7,12-16,18-19H2,1-4H3,(H,36,41)/t22-,26-,27?,30?,34+/m0/s1. The molecule has 2 unspecified atom stereocenters. The first-order valence-electron chi connectivity index (χ1n) is 16.3. The Bertz CT molecular complexity index is 1490. The van der Waals surface area contributed by atoms with Gasteiger partial charge in [-0.25, -0.2) is 4.98 Å². The molecule has 3 aliphatic heterocycles. The molecule has 2 amide bonds. The molecule has 3 aliphatic rings. The van der Waals surface area contributed by atoms with Crippen molar-refractivity contribution in [2.45, 2.75) is 95.8 Å². The van der Waals surface area contributed by atoms with Crippen molar-refractivity contribution >= 4 is 23.2 Å². The van der Waals surface area contributed by atoms with Crippen LogP contribution in [0.4, 0.5) is 0 Å². The Morgan fingerprint density at radius 1 is 1.16 bits per heavy atom. The van der Waals surface area contributed by atoms with E-state index in [4.69, 9.17) is 9.26 Å². The highest BCUT2D eigenvalue weighted by Gasteiger charge is 2.49. The zero-order chi connectivity index (χ0) is 31.7. The van der Waals surface area contributed by atoms with E-state index in [2.05, 4.69) is 32.5 Å². The molecule has 0 bridgehead atoms. The van der Waals surface area contributed by atoms with Crippen LogP contribution in [-0.4, -0.2) is 80.8 Å². The number of benzene rings is 1. The number of fused-ring (bicyclic) bond motifs is 1. The molecule has 3 fully saturated rings. The summed E-state index contributed by atoms with van der Waals surface area (Å²) in [6, 6.07) is 9.43. The van der Waals surface area contributed by atoms with Gasteiger partial charge in [0.05, 0.1) is 28.7 Å². The van der Waals surface area contributed by atoms with Crippen molar-refractivity contribution in [2.24, 2.45) is 5.92 Å². The molecule has 0 aliphatic carbocycles. The zero-order valence-corrected chi connectivity index (χ0v) is 27.5. The number of carbonyl (C=O) groups is 2. The van der Waals surface area contributed by atoms with E-state index in [0.717, 1.165) is 60.3 Å². The third-order valence-electron chi connectivity index (χ3n) is 10.1. The molecule has 1 aromatic carbocycles. The van der Waals surface area contributed by atoms with E-state index in [1.54, 1.807) is 22.3 Å². The molecular formula is C34H45N5O5S. The van der Waals surface area contributed by atoms with Crippen LogP contribution in [-0.2, 0) is 9.59 Å². The number of aryl methyl sites for hydroxylation is 1. The second-order valence-electron chi connectivity index (χ2n) is 13.3. The fourth-order valence-electron chi connectivity index (χ4n) is 7.59. The minimum Gasteiger partial charge on any atom is -0.474 e. The number of nitrogens with zero attached hydrogens (tertiary/aromatic N) is 4. The molecule has 2 N–H and O–H groups in total. The average Bonchev–Trinajstić information content (AvgIpc) is 3.86. The molecular weight excluding hydrogens is 590 g/mol. The molecule has 5 atom stereocenters. The Morgan fingerprint density at radius 2 is 1.96 bits per heavy atom. The SMILES string of the molecule is Cc1ncsc1-c1ccc([C@H](C)NC(=O)C2CCCN2C(=O)C(c2cc(OC[C@@H]3CC[C@@]4(CO)CCCN34)no2)C(C)C)cc1. The van der Waals surface area contributed by atoms with Crippen molar-refractivity contribution in [3.8, 4) is 16.3 Å². The lowest BCUT2D eigenvalue weighted by Gasteiger charge is -2.33. The van der Waals surface area contributed by atoms with E-state index in [1.807, 2.05) is 45.3 Å². The van der Waals surface area contributed by atoms with E-state index in [-0.39, 0.29) is 42.0 Å². The van der Waals surface area contributed by atoms with Crippen molar-refractivity contribution in [2.75, 3.05) is 26.3 Å². The van der Waals surface area contributed by atoms with Gasteiger partial charge in [0, 0.05) is 24.2 Å². The van der Waals surface area contributed by atoms with Gasteiger partial charge in [-0.2, -0.15) is 0 Å². The maximum absolute atomic E-state index is 14.0. The summed E-state index contributed by atoms with van der Waals surface area (Å²) in [7, 11) is 0. The van der Waals surface area contributed by atoms with Gasteiger partial charge in [-0.05, 0) is 81.1 Å². The number of ether oxygens (including phenoxy) is 1. The van der Waals surface area contributed by atoms with Gasteiger partial charge in [-0.15, -0.1) is 11.3 Å². The monoisotopic (exact) mass is 635 g/mol. The van der Waals surface area contributed by atoms with E-state index in [0.29, 0.717) is 31.2 Å². The lowest BCUT2D eigenvalue weighted by Crippen LogP contribution is -2.48. The van der Waals surface area contributed by atoms with Crippen LogP contribution in [0.5, 0.6) is 5.88 Å². The molecule has 242 valence electrons. The number of hydrogen-bond donors (Lipinski definition) is 2. The van der Waals surface area contributed by atoms with Gasteiger partial charge >= 0.3 is 0 Å². The quantitative estimate of drug-likeness (QED) is 0.299. The minimum atomic E-state index is -0.574. The van der Waals surface area contributed by atoms with Gasteiger partial charge in [0.2, 0.25) is 11.8 Å². The van der Waals surface area contributed by atoms with Gasteiger partial charge in [0.25, 0.3) is 5.88 Å². The summed E-state index contributed by atoms with van der Waals surface area (Å²) in [6.07, 6.45) is 5.47. The Morgan fingerprint density at radius 3 is 2.67 bits per heavy atom. The number of aromatic nitrogens is 2. The van der Waals surface area contributed by atoms with Gasteiger partial charge < -0.3 is 24.6 Å². The first kappa shape index (κ1) is 31.7. The number of rotatable bonds is 11. The Balaban J connectivity index is 1.08. The predicted octanol–water partition coefficient (Wildman–Crippen LogP) is 5.08. The highest BCUT2D eigenvalue weighted by atomic mass is 32.1. The van der Waals surface area contributed by atoms with E-state index >= 15 is 0 Å². The van der Waals surface area contributed by atoms with Gasteiger partial charge in [-0.3, -0.25) is 14.5 Å². The number of hydrogen-bond acceptors (Lipinski definition) is 9. The summed E-state index contributed by atoms with van der Waals surface area (Å²) in [5.74, 6) is -0.0781. The van der Waals surface area contributed by atoms with Gasteiger partial charge in [0.15, 0.2) is 5.76 Å². The summed E-state index contributed by atoms with van der Waals surface area (Å²) in [4.78, 5) is 37.1. The molecule has 2 aromatic heterocycles. The van der Waals surface area contributed by atoms with Crippen molar-refractivity contribution in [1.29, 1.82) is 0 Å². The molecule has 5 heterocycles. The zero-order valence-electron chi connectivity index (χ0n) is 26.7. The number of amides is 2. The Kier molecular flexibility index (Phi) is 9.31. The number of likely N-dealkylation sites (tertiary alicyclic amines) is 1. The van der Waals surface area contributed by atoms with Crippen molar-refractivity contribution in [3.05, 3.63) is 52.9 Å². The van der Waals surface area contributed by atoms with Crippen LogP contribution in [0, 0.1) is 12.8 Å². The van der Waals surface area contributed by atoms with Crippen LogP contribution in [0.3, 0.4) is 0 Å². The number of aliphatic hydroxyl groups is 1. The maximum atomic E-state index is 14.0. The third kappa shape index (κ3) is 6.26. The molecule has 0 radical (unpaired) electrons. The van der Waals surface area contributed by atoms with E-state index in [9.17, 15) is 14.7 Å². The van der Waals surface area contributed by atoms with Crippen molar-refractivity contribution in [3.63, 3.8) is 0 Å². The Labute approximate surface area is 269 Å². The van der Waals surface area contributed by atoms with Crippen molar-refractivity contribution in [1.82, 2.24) is 25.3 Å². The highest BCUT2D eigenvalue weighted by molar-refractivity contribution is 7.13. The van der Waals surface area contributed by atoms with E-state index < -0.39 is 12.0 Å². The molecule has 11 heteroatoms. The summed E-state index contributed by atoms with van der Waals surface area (Å²) < 4.78 is 11.8. The van der Waals surface area contributed by atoms with Crippen LogP contribution in [0.15, 0.2) is 40.4 Å².